The zero-order chi connectivity index (χ0) is 102. The highest BCUT2D eigenvalue weighted by atomic mass is 19.1. The Morgan fingerprint density at radius 2 is 0.508 bits per heavy atom. The average Bonchev–Trinajstić information content (AvgIpc) is 0.715. The van der Waals surface area contributed by atoms with Gasteiger partial charge in [0.05, 0.1) is 55.5 Å². The van der Waals surface area contributed by atoms with Gasteiger partial charge in [-0.1, -0.05) is 26.8 Å². The summed E-state index contributed by atoms with van der Waals surface area (Å²) in [5.74, 6) is -1.05. The van der Waals surface area contributed by atoms with Crippen LogP contribution in [0.1, 0.15) is 75.8 Å². The van der Waals surface area contributed by atoms with Crippen molar-refractivity contribution in [3.05, 3.63) is 95.3 Å². The van der Waals surface area contributed by atoms with Crippen LogP contribution in [0.4, 0.5) is 13.2 Å². The number of hydrogen-bond donors (Lipinski definition) is 2. The van der Waals surface area contributed by atoms with E-state index >= 15 is 0 Å². The summed E-state index contributed by atoms with van der Waals surface area (Å²) < 4.78 is 68.6. The van der Waals surface area contributed by atoms with Gasteiger partial charge in [0.2, 0.25) is 0 Å². The Labute approximate surface area is 847 Å². The van der Waals surface area contributed by atoms with E-state index in [1.807, 2.05) is 20.8 Å². The third-order valence-electron chi connectivity index (χ3n) is 23.7. The van der Waals surface area contributed by atoms with Gasteiger partial charge in [-0.25, -0.2) is 18.0 Å². The van der Waals surface area contributed by atoms with Crippen LogP contribution in [0.5, 0.6) is 17.2 Å². The second-order valence-corrected chi connectivity index (χ2v) is 32.5. The number of hydrogen-bond acceptors (Lipinski definition) is 11. The molecule has 78 radical (unpaired) electrons. The highest BCUT2D eigenvalue weighted by molar-refractivity contribution is 8.41. The molecule has 0 aliphatic heterocycles. The molecule has 0 aliphatic carbocycles. The summed E-state index contributed by atoms with van der Waals surface area (Å²) in [4.78, 5) is 32.8. The fourth-order valence-electron chi connectivity index (χ4n) is 17.9. The number of rotatable bonds is 50. The molecule has 0 aromatic heterocycles. The second-order valence-electron chi connectivity index (χ2n) is 32.5. The molecular weight excluding hydrogens is 1530 g/mol. The standard InChI is InChI=1S/2C13H17FO3.C7H8BFO3.C6H10O2.B76/c2*1-4-9(7-13(15)17-3)11-8-10(16-2)5-6-12(11)14;1-12-5-2-3-7(9)6(4-5)8(10)11;1-3-4-5-6(7)8-2;1-40(2)59(39)69(60(41(3)4)42(5)6)74(70(61(43(7)8)44(9)10)62(45(11)12)46(13)14)76(73(67(55(31)32)56(33)34)68(57(35)36)58(37)38)75(71(63(47(15)16)48(17)18)64(49(19)20)50(21)22)72(65(51(23)24)52(25)26)66(53(27)28)54(29)30/h2*5-6,8-9H,4,7H2,1-3H3;2-4,10-11H,1H3;4-5H,3H2,1-2H3;/b;;;5-4+;/t2*9-;;;/m10.../s1. The maximum Gasteiger partial charge on any atom is 0.491 e. The van der Waals surface area contributed by atoms with E-state index in [4.69, 9.17) is 326 Å². The summed E-state index contributed by atoms with van der Waals surface area (Å²) in [6.07, 6.45) is -54.7. The van der Waals surface area contributed by atoms with Crippen LogP contribution in [0.3, 0.4) is 0 Å². The van der Waals surface area contributed by atoms with Crippen LogP contribution in [0.2, 0.25) is 0 Å². The Morgan fingerprint density at radius 3 is 0.692 bits per heavy atom. The number of benzene rings is 3. The number of carbonyl (C=O) groups excluding carboxylic acids is 3. The first-order valence-electron chi connectivity index (χ1n) is 41.9. The summed E-state index contributed by atoms with van der Waals surface area (Å²) in [5, 5.41) is 17.4. The highest BCUT2D eigenvalue weighted by Gasteiger charge is 2.66. The molecule has 91 heteroatoms. The van der Waals surface area contributed by atoms with E-state index in [9.17, 15) is 27.6 Å². The van der Waals surface area contributed by atoms with Crippen LogP contribution in [0.15, 0.2) is 66.7 Å². The molecule has 0 saturated heterocycles. The van der Waals surface area contributed by atoms with Gasteiger partial charge in [0.1, 0.15) is 34.7 Å². The van der Waals surface area contributed by atoms with Gasteiger partial charge in [0, 0.05) is 550 Å². The minimum absolute atomic E-state index is 0.178. The van der Waals surface area contributed by atoms with Gasteiger partial charge < -0.3 is 38.5 Å². The number of ether oxygens (including phenoxy) is 6. The number of allylic oxidation sites excluding steroid dienone is 1. The fraction of sp³-hybridized carbons (Fsp3) is 0.410. The van der Waals surface area contributed by atoms with Crippen molar-refractivity contribution < 1.29 is 66.0 Å². The monoisotopic (exact) mass is 1600 g/mol. The van der Waals surface area contributed by atoms with Gasteiger partial charge in [-0.15, -0.1) is 0 Å². The Kier molecular flexibility index (Phi) is 67.6. The molecule has 526 valence electrons. The van der Waals surface area contributed by atoms with E-state index in [1.165, 1.54) is 73.0 Å². The van der Waals surface area contributed by atoms with E-state index in [0.717, 1.165) is 12.5 Å². The Morgan fingerprint density at radius 1 is 0.300 bits per heavy atom. The van der Waals surface area contributed by atoms with Gasteiger partial charge in [0.25, 0.3) is 0 Å². The molecule has 0 saturated carbocycles. The molecule has 0 heterocycles. The van der Waals surface area contributed by atoms with Crippen LogP contribution in [-0.2, 0) is 28.6 Å². The Bertz CT molecular complexity index is 3380. The van der Waals surface area contributed by atoms with Gasteiger partial charge in [-0.3, -0.25) is 9.59 Å². The Hall–Kier alpha value is -0.0800. The van der Waals surface area contributed by atoms with Gasteiger partial charge in [-0.2, -0.15) is 0 Å². The van der Waals surface area contributed by atoms with Crippen molar-refractivity contribution in [1.82, 2.24) is 0 Å². The lowest BCUT2D eigenvalue weighted by Crippen LogP contribution is -2.99. The Balaban J connectivity index is 0. The van der Waals surface area contributed by atoms with Crippen LogP contribution >= 0.6 is 0 Å². The minimum atomic E-state index is -1.85. The largest absolute Gasteiger partial charge is 0.497 e. The van der Waals surface area contributed by atoms with Crippen LogP contribution in [0.25, 0.3) is 0 Å². The fourth-order valence-corrected chi connectivity index (χ4v) is 17.9. The predicted octanol–water partition coefficient (Wildman–Crippen LogP) is -22.5. The molecule has 3 aromatic rings. The first kappa shape index (κ1) is 132. The SMILES string of the molecule is CC/C=C/C(=O)OC.CC[C@@H](CC(=O)OC)c1cc(OC)ccc1F.CC[C@H](CC(=O)OC)c1cc(OC)ccc1F.COc1ccc(F)c(B(O)O)c1.[B]B([B])B([B])B(B(B([B])[B])B([B])[B])B(B(B(B([B])[B])B([B])[B])B(B([B])[B])B([B])[B])B(B(B(B([B])[B])B([B])[B])B(B([B])[B])B([B])[B])B(B(B(B([B])[B])B([B])[B])B(B([B])[B])B([B])[B])B(B(B([B])[B])B([B])[B])B(B([B])[B])B([B])[B]. The van der Waals surface area contributed by atoms with Crippen molar-refractivity contribution in [1.29, 1.82) is 0 Å². The predicted molar refractivity (Wildman–Crippen MR) is 637 cm³/mol. The molecule has 0 unspecified atom stereocenters. The number of esters is 3. The maximum absolute atomic E-state index is 13.7. The quantitative estimate of drug-likeness (QED) is 0.0241. The molecule has 0 spiro atoms. The van der Waals surface area contributed by atoms with E-state index < -0.39 is 249 Å². The van der Waals surface area contributed by atoms with Crippen molar-refractivity contribution in [2.75, 3.05) is 42.7 Å². The molecule has 0 bridgehead atoms. The lowest BCUT2D eigenvalue weighted by atomic mass is 8.20. The van der Waals surface area contributed by atoms with Crippen molar-refractivity contribution in [3.8, 4) is 17.2 Å². The smallest absolute Gasteiger partial charge is 0.491 e. The third kappa shape index (κ3) is 41.5. The molecule has 11 nitrogen and oxygen atoms in total. The van der Waals surface area contributed by atoms with Crippen LogP contribution in [0, 0.1) is 17.5 Å². The zero-order valence-corrected chi connectivity index (χ0v) is 76.2. The number of carbonyl (C=O) groups is 3. The van der Waals surface area contributed by atoms with E-state index in [2.05, 4.69) is 14.2 Å². The normalized spacial score (nSPS) is 10.4. The van der Waals surface area contributed by atoms with Crippen molar-refractivity contribution in [2.24, 2.45) is 0 Å². The summed E-state index contributed by atoms with van der Waals surface area (Å²) in [6, 6.07) is 12.9. The first-order chi connectivity index (χ1) is 60.2. The molecule has 0 amide bonds. The van der Waals surface area contributed by atoms with E-state index in [0.29, 0.717) is 41.2 Å². The number of halogens is 3. The number of methoxy groups -OCH3 is 6. The minimum Gasteiger partial charge on any atom is -0.497 e. The molecule has 3 rings (SSSR count). The van der Waals surface area contributed by atoms with Crippen molar-refractivity contribution in [3.63, 3.8) is 0 Å². The average molecular weight is 1590 g/mol. The zero-order valence-electron chi connectivity index (χ0n) is 76.2. The molecular formula is C39H52B77F3O11. The summed E-state index contributed by atoms with van der Waals surface area (Å²) in [6.45, 7) is 5.78. The lowest BCUT2D eigenvalue weighted by Gasteiger charge is -2.61. The van der Waals surface area contributed by atoms with Crippen LogP contribution in [-0.4, -0.2) is 616 Å². The van der Waals surface area contributed by atoms with E-state index in [1.54, 1.807) is 30.3 Å². The summed E-state index contributed by atoms with van der Waals surface area (Å²) in [5.41, 5.74) is 0.809. The molecule has 130 heavy (non-hydrogen) atoms. The third-order valence-corrected chi connectivity index (χ3v) is 23.7. The molecule has 3 aromatic carbocycles. The van der Waals surface area contributed by atoms with Gasteiger partial charge >= 0.3 is 25.0 Å². The highest BCUT2D eigenvalue weighted by Crippen LogP contribution is 2.33. The topological polar surface area (TPSA) is 147 Å². The summed E-state index contributed by atoms with van der Waals surface area (Å²) in [7, 11) is 272. The maximum atomic E-state index is 13.7. The van der Waals surface area contributed by atoms with Gasteiger partial charge in [-0.05, 0) is 96.8 Å². The van der Waals surface area contributed by atoms with Gasteiger partial charge in [0.15, 0.2) is 0 Å². The summed E-state index contributed by atoms with van der Waals surface area (Å²) >= 11 is 0. The molecule has 0 aliphatic rings. The second kappa shape index (κ2) is 66.6. The first-order valence-corrected chi connectivity index (χ1v) is 41.9. The van der Waals surface area contributed by atoms with E-state index in [-0.39, 0.29) is 59.7 Å². The molecule has 0 fully saturated rings. The van der Waals surface area contributed by atoms with Crippen molar-refractivity contribution >= 4 is 568 Å². The van der Waals surface area contributed by atoms with Crippen LogP contribution < -0.4 is 19.7 Å². The van der Waals surface area contributed by atoms with Crippen molar-refractivity contribution in [2.45, 2.75) is 64.7 Å². The molecule has 2 atom stereocenters. The molecule has 2 N–H and O–H groups in total. The lowest BCUT2D eigenvalue weighted by molar-refractivity contribution is -0.142.